The topological polar surface area (TPSA) is 21.3 Å². The molecule has 1 heterocycles. The lowest BCUT2D eigenvalue weighted by atomic mass is 9.92. The van der Waals surface area contributed by atoms with Crippen LogP contribution in [0.4, 0.5) is 0 Å². The van der Waals surface area contributed by atoms with Gasteiger partial charge in [0.05, 0.1) is 7.11 Å². The van der Waals surface area contributed by atoms with Gasteiger partial charge in [0.1, 0.15) is 5.75 Å². The molecule has 2 heteroatoms. The van der Waals surface area contributed by atoms with Gasteiger partial charge in [-0.1, -0.05) is 6.07 Å². The van der Waals surface area contributed by atoms with Crippen molar-refractivity contribution in [1.82, 2.24) is 5.32 Å². The molecule has 1 aliphatic heterocycles. The van der Waals surface area contributed by atoms with Crippen LogP contribution in [0, 0.1) is 0 Å². The van der Waals surface area contributed by atoms with Crippen LogP contribution in [0.5, 0.6) is 5.75 Å². The zero-order valence-corrected chi connectivity index (χ0v) is 9.83. The van der Waals surface area contributed by atoms with Gasteiger partial charge in [0, 0.05) is 6.04 Å². The summed E-state index contributed by atoms with van der Waals surface area (Å²) in [5.41, 5.74) is 3.05. The second-order valence-corrected chi connectivity index (χ2v) is 4.91. The second-order valence-electron chi connectivity index (χ2n) is 4.91. The fourth-order valence-electron chi connectivity index (χ4n) is 3.21. The Morgan fingerprint density at radius 2 is 2.25 bits per heavy atom. The average molecular weight is 217 g/mol. The van der Waals surface area contributed by atoms with Crippen molar-refractivity contribution in [3.05, 3.63) is 29.3 Å². The van der Waals surface area contributed by atoms with Crippen LogP contribution in [0.3, 0.4) is 0 Å². The summed E-state index contributed by atoms with van der Waals surface area (Å²) in [6.07, 6.45) is 5.21. The maximum absolute atomic E-state index is 5.33. The number of fused-ring (bicyclic) bond motifs is 1. The van der Waals surface area contributed by atoms with Gasteiger partial charge in [-0.05, 0) is 61.4 Å². The standard InChI is InChI=1S/C14H19NO/c1-16-11-6-4-10-5-7-12(13(10)9-11)14-3-2-8-15-14/h4,6,9,12,14-15H,2-3,5,7-8H2,1H3. The highest BCUT2D eigenvalue weighted by Gasteiger charge is 2.31. The molecule has 0 saturated carbocycles. The third-order valence-electron chi connectivity index (χ3n) is 4.06. The van der Waals surface area contributed by atoms with Crippen molar-refractivity contribution in [1.29, 1.82) is 0 Å². The monoisotopic (exact) mass is 217 g/mol. The zero-order chi connectivity index (χ0) is 11.0. The van der Waals surface area contributed by atoms with Gasteiger partial charge in [-0.25, -0.2) is 0 Å². The van der Waals surface area contributed by atoms with Crippen molar-refractivity contribution in [2.75, 3.05) is 13.7 Å². The fraction of sp³-hybridized carbons (Fsp3) is 0.571. The Bertz CT molecular complexity index is 382. The molecule has 0 bridgehead atoms. The summed E-state index contributed by atoms with van der Waals surface area (Å²) in [4.78, 5) is 0. The van der Waals surface area contributed by atoms with Gasteiger partial charge in [-0.15, -0.1) is 0 Å². The highest BCUT2D eigenvalue weighted by Crippen LogP contribution is 2.39. The molecular formula is C14H19NO. The van der Waals surface area contributed by atoms with Crippen LogP contribution in [-0.4, -0.2) is 19.7 Å². The number of aryl methyl sites for hydroxylation is 1. The van der Waals surface area contributed by atoms with Crippen LogP contribution in [-0.2, 0) is 6.42 Å². The minimum atomic E-state index is 0.702. The van der Waals surface area contributed by atoms with Crippen molar-refractivity contribution in [2.24, 2.45) is 0 Å². The Morgan fingerprint density at radius 1 is 1.31 bits per heavy atom. The first-order chi connectivity index (χ1) is 7.88. The first kappa shape index (κ1) is 10.2. The van der Waals surface area contributed by atoms with Crippen LogP contribution in [0.15, 0.2) is 18.2 Å². The SMILES string of the molecule is COc1ccc2c(c1)C(C1CCCN1)CC2. The zero-order valence-electron chi connectivity index (χ0n) is 9.83. The number of benzene rings is 1. The molecule has 2 nitrogen and oxygen atoms in total. The van der Waals surface area contributed by atoms with E-state index >= 15 is 0 Å². The Morgan fingerprint density at radius 3 is 3.00 bits per heavy atom. The summed E-state index contributed by atoms with van der Waals surface area (Å²) in [6, 6.07) is 7.27. The van der Waals surface area contributed by atoms with E-state index in [9.17, 15) is 0 Å². The lowest BCUT2D eigenvalue weighted by molar-refractivity contribution is 0.413. The van der Waals surface area contributed by atoms with Gasteiger partial charge in [0.2, 0.25) is 0 Å². The van der Waals surface area contributed by atoms with E-state index in [-0.39, 0.29) is 0 Å². The lowest BCUT2D eigenvalue weighted by Gasteiger charge is -2.20. The first-order valence-electron chi connectivity index (χ1n) is 6.28. The van der Waals surface area contributed by atoms with Gasteiger partial charge >= 0.3 is 0 Å². The van der Waals surface area contributed by atoms with E-state index < -0.39 is 0 Å². The van der Waals surface area contributed by atoms with E-state index in [0.717, 1.165) is 5.75 Å². The van der Waals surface area contributed by atoms with Gasteiger partial charge in [0.25, 0.3) is 0 Å². The fourth-order valence-corrected chi connectivity index (χ4v) is 3.21. The summed E-state index contributed by atoms with van der Waals surface area (Å²) in [5, 5.41) is 3.64. The number of nitrogens with one attached hydrogen (secondary N) is 1. The lowest BCUT2D eigenvalue weighted by Crippen LogP contribution is -2.27. The molecular weight excluding hydrogens is 198 g/mol. The molecule has 1 aliphatic carbocycles. The molecule has 86 valence electrons. The molecule has 1 fully saturated rings. The third-order valence-corrected chi connectivity index (χ3v) is 4.06. The summed E-state index contributed by atoms with van der Waals surface area (Å²) >= 11 is 0. The molecule has 1 aromatic carbocycles. The van der Waals surface area contributed by atoms with E-state index in [1.807, 2.05) is 0 Å². The Kier molecular flexibility index (Phi) is 2.60. The molecule has 1 saturated heterocycles. The molecule has 2 atom stereocenters. The van der Waals surface area contributed by atoms with E-state index in [1.54, 1.807) is 7.11 Å². The third kappa shape index (κ3) is 1.61. The summed E-state index contributed by atoms with van der Waals surface area (Å²) in [5.74, 6) is 1.72. The van der Waals surface area contributed by atoms with Crippen LogP contribution in [0.2, 0.25) is 0 Å². The largest absolute Gasteiger partial charge is 0.497 e. The van der Waals surface area contributed by atoms with Crippen molar-refractivity contribution >= 4 is 0 Å². The molecule has 16 heavy (non-hydrogen) atoms. The van der Waals surface area contributed by atoms with Crippen LogP contribution in [0.1, 0.15) is 36.3 Å². The number of rotatable bonds is 2. The number of hydrogen-bond acceptors (Lipinski definition) is 2. The maximum atomic E-state index is 5.33. The summed E-state index contributed by atoms with van der Waals surface area (Å²) in [7, 11) is 1.75. The smallest absolute Gasteiger partial charge is 0.119 e. The minimum absolute atomic E-state index is 0.702. The summed E-state index contributed by atoms with van der Waals surface area (Å²) in [6.45, 7) is 1.19. The van der Waals surface area contributed by atoms with Gasteiger partial charge in [-0.3, -0.25) is 0 Å². The highest BCUT2D eigenvalue weighted by molar-refractivity contribution is 5.42. The number of ether oxygens (including phenoxy) is 1. The number of hydrogen-bond donors (Lipinski definition) is 1. The van der Waals surface area contributed by atoms with E-state index in [2.05, 4.69) is 23.5 Å². The molecule has 0 amide bonds. The predicted molar refractivity (Wildman–Crippen MR) is 65.1 cm³/mol. The molecule has 0 spiro atoms. The van der Waals surface area contributed by atoms with Crippen LogP contribution >= 0.6 is 0 Å². The van der Waals surface area contributed by atoms with Crippen LogP contribution in [0.25, 0.3) is 0 Å². The minimum Gasteiger partial charge on any atom is -0.497 e. The Balaban J connectivity index is 1.90. The maximum Gasteiger partial charge on any atom is 0.119 e. The molecule has 3 rings (SSSR count). The number of methoxy groups -OCH3 is 1. The van der Waals surface area contributed by atoms with Gasteiger partial charge in [-0.2, -0.15) is 0 Å². The molecule has 2 unspecified atom stereocenters. The first-order valence-corrected chi connectivity index (χ1v) is 6.28. The quantitative estimate of drug-likeness (QED) is 0.821. The van der Waals surface area contributed by atoms with Crippen LogP contribution < -0.4 is 10.1 Å². The van der Waals surface area contributed by atoms with E-state index in [0.29, 0.717) is 12.0 Å². The molecule has 0 aromatic heterocycles. The van der Waals surface area contributed by atoms with Crippen molar-refractivity contribution < 1.29 is 4.74 Å². The molecule has 1 aromatic rings. The molecule has 2 aliphatic rings. The highest BCUT2D eigenvalue weighted by atomic mass is 16.5. The molecule has 0 radical (unpaired) electrons. The van der Waals surface area contributed by atoms with E-state index in [4.69, 9.17) is 4.74 Å². The molecule has 1 N–H and O–H groups in total. The summed E-state index contributed by atoms with van der Waals surface area (Å²) < 4.78 is 5.33. The normalized spacial score (nSPS) is 28.1. The van der Waals surface area contributed by atoms with Gasteiger partial charge in [0.15, 0.2) is 0 Å². The second kappa shape index (κ2) is 4.10. The van der Waals surface area contributed by atoms with Crippen molar-refractivity contribution in [3.63, 3.8) is 0 Å². The van der Waals surface area contributed by atoms with E-state index in [1.165, 1.54) is 43.4 Å². The van der Waals surface area contributed by atoms with Crippen molar-refractivity contribution in [3.8, 4) is 5.75 Å². The predicted octanol–water partition coefficient (Wildman–Crippen LogP) is 2.48. The van der Waals surface area contributed by atoms with Gasteiger partial charge < -0.3 is 10.1 Å². The Hall–Kier alpha value is -1.02. The Labute approximate surface area is 97.0 Å². The van der Waals surface area contributed by atoms with Crippen molar-refractivity contribution in [2.45, 2.75) is 37.6 Å². The average Bonchev–Trinajstić information content (AvgIpc) is 2.96.